The molecule has 1 atom stereocenters. The molecule has 0 saturated carbocycles. The minimum atomic E-state index is -3.92. The number of aromatic nitrogens is 1. The van der Waals surface area contributed by atoms with Crippen LogP contribution in [0.4, 0.5) is 17.6 Å². The molecule has 0 radical (unpaired) electrons. The van der Waals surface area contributed by atoms with E-state index in [0.717, 1.165) is 4.90 Å². The molecule has 0 N–H and O–H groups in total. The molecule has 9 heteroatoms. The predicted molar refractivity (Wildman–Crippen MR) is 74.6 cm³/mol. The lowest BCUT2D eigenvalue weighted by Crippen LogP contribution is -2.55. The quantitative estimate of drug-likeness (QED) is 0.790. The Hall–Kier alpha value is -2.37. The van der Waals surface area contributed by atoms with Crippen LogP contribution in [0.15, 0.2) is 12.4 Å². The van der Waals surface area contributed by atoms with Crippen molar-refractivity contribution in [3.8, 4) is 11.8 Å². The zero-order chi connectivity index (χ0) is 18.1. The van der Waals surface area contributed by atoms with Crippen LogP contribution in [0.1, 0.15) is 25.0 Å². The van der Waals surface area contributed by atoms with E-state index in [1.165, 1.54) is 12.4 Å². The number of carbonyl (C=O) groups is 1. The van der Waals surface area contributed by atoms with Crippen molar-refractivity contribution in [1.29, 1.82) is 5.26 Å². The molecule has 0 fully saturated rings. The molecule has 0 aliphatic carbocycles. The number of nitrogens with zero attached hydrogens (tertiary/aromatic N) is 3. The summed E-state index contributed by atoms with van der Waals surface area (Å²) in [5.41, 5.74) is -2.73. The van der Waals surface area contributed by atoms with Gasteiger partial charge in [-0.05, 0) is 6.92 Å². The summed E-state index contributed by atoms with van der Waals surface area (Å²) in [7, 11) is 0. The van der Waals surface area contributed by atoms with Gasteiger partial charge in [0.1, 0.15) is 24.0 Å². The maximum absolute atomic E-state index is 13.7. The maximum Gasteiger partial charge on any atom is 0.264 e. The van der Waals surface area contributed by atoms with Crippen LogP contribution in [0, 0.1) is 16.7 Å². The van der Waals surface area contributed by atoms with E-state index >= 15 is 0 Å². The number of amides is 1. The molecule has 24 heavy (non-hydrogen) atoms. The average Bonchev–Trinajstić information content (AvgIpc) is 2.73. The van der Waals surface area contributed by atoms with Crippen molar-refractivity contribution in [3.05, 3.63) is 23.5 Å². The van der Waals surface area contributed by atoms with E-state index in [0.29, 0.717) is 19.4 Å². The van der Waals surface area contributed by atoms with Crippen LogP contribution in [-0.4, -0.2) is 41.3 Å². The number of ether oxygens (including phenoxy) is 1. The van der Waals surface area contributed by atoms with Crippen LogP contribution in [0.2, 0.25) is 0 Å². The smallest absolute Gasteiger partial charge is 0.264 e. The van der Waals surface area contributed by atoms with Gasteiger partial charge in [-0.2, -0.15) is 5.26 Å². The molecule has 0 aromatic carbocycles. The zero-order valence-corrected chi connectivity index (χ0v) is 13.0. The summed E-state index contributed by atoms with van der Waals surface area (Å²) in [6.45, 7) is 0.350. The molecule has 5 nitrogen and oxygen atoms in total. The summed E-state index contributed by atoms with van der Waals surface area (Å²) in [6.07, 6.45) is -0.969. The molecule has 130 valence electrons. The highest BCUT2D eigenvalue weighted by Gasteiger charge is 2.60. The van der Waals surface area contributed by atoms with Crippen LogP contribution in [0.5, 0.6) is 5.75 Å². The number of fused-ring (bicyclic) bond motifs is 1. The molecule has 0 bridgehead atoms. The number of halogens is 4. The fraction of sp³-hybridized carbons (Fsp3) is 0.533. The third-order valence-corrected chi connectivity index (χ3v) is 4.14. The molecule has 1 aliphatic heterocycles. The number of carbonyl (C=O) groups excluding carboxylic acids is 1. The third kappa shape index (κ3) is 2.88. The van der Waals surface area contributed by atoms with Gasteiger partial charge in [0, 0.05) is 24.9 Å². The molecule has 1 aromatic heterocycles. The molecule has 2 rings (SSSR count). The molecule has 2 heterocycles. The normalized spacial score (nSPS) is 17.3. The van der Waals surface area contributed by atoms with Gasteiger partial charge in [-0.25, -0.2) is 17.6 Å². The maximum atomic E-state index is 13.7. The third-order valence-electron chi connectivity index (χ3n) is 4.14. The summed E-state index contributed by atoms with van der Waals surface area (Å²) in [4.78, 5) is 17.2. The van der Waals surface area contributed by atoms with Gasteiger partial charge in [0.2, 0.25) is 5.91 Å². The zero-order valence-electron chi connectivity index (χ0n) is 13.0. The van der Waals surface area contributed by atoms with Crippen LogP contribution < -0.4 is 4.74 Å². The number of alkyl halides is 4. The molecule has 0 spiro atoms. The molecular weight excluding hydrogens is 330 g/mol. The van der Waals surface area contributed by atoms with Crippen molar-refractivity contribution in [2.24, 2.45) is 5.41 Å². The van der Waals surface area contributed by atoms with Gasteiger partial charge in [0.15, 0.2) is 5.41 Å². The molecule has 1 aliphatic rings. The first-order valence-electron chi connectivity index (χ1n) is 7.08. The van der Waals surface area contributed by atoms with E-state index in [4.69, 9.17) is 10.00 Å². The fourth-order valence-corrected chi connectivity index (χ4v) is 2.37. The summed E-state index contributed by atoms with van der Waals surface area (Å²) in [5.74, 6) is -5.10. The van der Waals surface area contributed by atoms with E-state index in [-0.39, 0.29) is 31.0 Å². The van der Waals surface area contributed by atoms with Crippen molar-refractivity contribution in [1.82, 2.24) is 9.88 Å². The van der Waals surface area contributed by atoms with E-state index in [1.54, 1.807) is 0 Å². The lowest BCUT2D eigenvalue weighted by atomic mass is 9.82. The second kappa shape index (κ2) is 6.26. The lowest BCUT2D eigenvalue weighted by Gasteiger charge is -2.37. The first kappa shape index (κ1) is 18.0. The van der Waals surface area contributed by atoms with Crippen molar-refractivity contribution in [2.45, 2.75) is 32.7 Å². The number of hydrogen-bond donors (Lipinski definition) is 0. The Morgan fingerprint density at radius 3 is 2.62 bits per heavy atom. The fourth-order valence-electron chi connectivity index (χ4n) is 2.37. The van der Waals surface area contributed by atoms with E-state index in [9.17, 15) is 22.4 Å². The highest BCUT2D eigenvalue weighted by atomic mass is 19.3. The molecular formula is C15H15F4N3O2. The summed E-state index contributed by atoms with van der Waals surface area (Å²) in [6, 6.07) is 1.87. The van der Waals surface area contributed by atoms with Crippen LogP contribution in [0.25, 0.3) is 0 Å². The second-order valence-corrected chi connectivity index (χ2v) is 5.75. The highest BCUT2D eigenvalue weighted by molar-refractivity contribution is 5.84. The van der Waals surface area contributed by atoms with Gasteiger partial charge >= 0.3 is 0 Å². The van der Waals surface area contributed by atoms with E-state index < -0.39 is 23.7 Å². The van der Waals surface area contributed by atoms with Crippen molar-refractivity contribution in [3.63, 3.8) is 0 Å². The van der Waals surface area contributed by atoms with Gasteiger partial charge in [0.25, 0.3) is 12.3 Å². The van der Waals surface area contributed by atoms with Crippen LogP contribution in [-0.2, 0) is 11.3 Å². The van der Waals surface area contributed by atoms with Crippen LogP contribution >= 0.6 is 0 Å². The summed E-state index contributed by atoms with van der Waals surface area (Å²) in [5, 5.41) is 9.02. The Bertz CT molecular complexity index is 684. The monoisotopic (exact) mass is 345 g/mol. The van der Waals surface area contributed by atoms with E-state index in [2.05, 4.69) is 4.98 Å². The molecule has 1 amide bonds. The SMILES string of the molecule is CC(F)(F)C(C)(C(=O)N1CCOc2c(C#N)cncc2C1)C(F)F. The Kier molecular flexibility index (Phi) is 4.69. The van der Waals surface area contributed by atoms with Crippen molar-refractivity contribution < 1.29 is 27.1 Å². The number of rotatable bonds is 3. The minimum Gasteiger partial charge on any atom is -0.490 e. The number of hydrogen-bond acceptors (Lipinski definition) is 4. The standard InChI is InChI=1S/C15H15F4N3O2/c1-14(12(16)17,15(2,18)19)13(23)22-3-4-24-11-9(5-20)6-21-7-10(11)8-22/h6-7,12H,3-4,8H2,1-2H3. The Morgan fingerprint density at radius 1 is 1.42 bits per heavy atom. The van der Waals surface area contributed by atoms with Gasteiger partial charge in [-0.1, -0.05) is 0 Å². The number of pyridine rings is 1. The molecule has 1 unspecified atom stereocenters. The van der Waals surface area contributed by atoms with Crippen molar-refractivity contribution >= 4 is 5.91 Å². The van der Waals surface area contributed by atoms with Gasteiger partial charge in [-0.15, -0.1) is 0 Å². The van der Waals surface area contributed by atoms with Crippen LogP contribution in [0.3, 0.4) is 0 Å². The second-order valence-electron chi connectivity index (χ2n) is 5.75. The topological polar surface area (TPSA) is 66.2 Å². The van der Waals surface area contributed by atoms with Gasteiger partial charge < -0.3 is 9.64 Å². The summed E-state index contributed by atoms with van der Waals surface area (Å²) >= 11 is 0. The Labute approximate surface area is 135 Å². The number of nitriles is 1. The van der Waals surface area contributed by atoms with Gasteiger partial charge in [0.05, 0.1) is 13.1 Å². The Balaban J connectivity index is 2.39. The molecule has 1 aromatic rings. The van der Waals surface area contributed by atoms with Gasteiger partial charge in [-0.3, -0.25) is 9.78 Å². The average molecular weight is 345 g/mol. The minimum absolute atomic E-state index is 0.105. The highest BCUT2D eigenvalue weighted by Crippen LogP contribution is 2.43. The lowest BCUT2D eigenvalue weighted by molar-refractivity contribution is -0.192. The summed E-state index contributed by atoms with van der Waals surface area (Å²) < 4.78 is 59.4. The van der Waals surface area contributed by atoms with E-state index in [1.807, 2.05) is 6.07 Å². The largest absolute Gasteiger partial charge is 0.490 e. The molecule has 0 saturated heterocycles. The Morgan fingerprint density at radius 2 is 2.08 bits per heavy atom. The van der Waals surface area contributed by atoms with Crippen molar-refractivity contribution in [2.75, 3.05) is 13.2 Å². The first-order chi connectivity index (χ1) is 11.1. The first-order valence-corrected chi connectivity index (χ1v) is 7.08. The predicted octanol–water partition coefficient (Wildman–Crippen LogP) is 2.60.